The van der Waals surface area contributed by atoms with Gasteiger partial charge in [0.2, 0.25) is 0 Å². The molecule has 108 valence electrons. The summed E-state index contributed by atoms with van der Waals surface area (Å²) in [6.07, 6.45) is 5.45. The van der Waals surface area contributed by atoms with Gasteiger partial charge in [0.15, 0.2) is 0 Å². The molecule has 1 heterocycles. The minimum absolute atomic E-state index is 0.463. The summed E-state index contributed by atoms with van der Waals surface area (Å²) in [7, 11) is 0. The number of nitrogens with one attached hydrogen (secondary N) is 1. The molecule has 3 atom stereocenters. The fourth-order valence-corrected chi connectivity index (χ4v) is 4.27. The lowest BCUT2D eigenvalue weighted by molar-refractivity contribution is 0.226. The summed E-state index contributed by atoms with van der Waals surface area (Å²) in [5, 5.41) is 8.06. The number of nitrogens with zero attached hydrogens (tertiary/aromatic N) is 2. The van der Waals surface area contributed by atoms with Crippen LogP contribution in [-0.4, -0.2) is 16.1 Å². The van der Waals surface area contributed by atoms with Gasteiger partial charge in [-0.1, -0.05) is 45.0 Å². The first-order chi connectivity index (χ1) is 9.13. The Hall–Kier alpha value is -0.480. The molecule has 4 heteroatoms. The first-order valence-electron chi connectivity index (χ1n) is 7.69. The van der Waals surface area contributed by atoms with Crippen LogP contribution in [0.4, 0.5) is 0 Å². The first-order valence-corrected chi connectivity index (χ1v) is 8.46. The molecular formula is C15H27N3S. The predicted octanol–water partition coefficient (Wildman–Crippen LogP) is 4.14. The third-order valence-electron chi connectivity index (χ3n) is 4.24. The van der Waals surface area contributed by atoms with Crippen LogP contribution in [0.5, 0.6) is 0 Å². The summed E-state index contributed by atoms with van der Waals surface area (Å²) in [5.41, 5.74) is 1.20. The number of rotatable bonds is 5. The molecule has 0 radical (unpaired) electrons. The average Bonchev–Trinajstić information content (AvgIpc) is 2.85. The Balaban J connectivity index is 2.21. The highest BCUT2D eigenvalue weighted by Crippen LogP contribution is 2.40. The molecule has 0 aliphatic heterocycles. The van der Waals surface area contributed by atoms with E-state index in [1.807, 2.05) is 0 Å². The van der Waals surface area contributed by atoms with Crippen molar-refractivity contribution in [2.75, 3.05) is 6.54 Å². The maximum absolute atomic E-state index is 4.36. The monoisotopic (exact) mass is 281 g/mol. The highest BCUT2D eigenvalue weighted by atomic mass is 32.1. The third-order valence-corrected chi connectivity index (χ3v) is 5.06. The lowest BCUT2D eigenvalue weighted by atomic mass is 9.77. The fourth-order valence-electron chi connectivity index (χ4n) is 3.30. The second-order valence-corrected chi connectivity index (χ2v) is 7.03. The molecule has 0 amide bonds. The second-order valence-electron chi connectivity index (χ2n) is 6.24. The zero-order valence-electron chi connectivity index (χ0n) is 12.6. The minimum Gasteiger partial charge on any atom is -0.309 e. The standard InChI is InChI=1S/C15H27N3S/c1-5-16-14(12-8-6-7-11(4)9-12)15-13(10(2)3)17-18-19-15/h10-12,14,16H,5-9H2,1-4H3. The minimum atomic E-state index is 0.463. The molecule has 1 aliphatic carbocycles. The topological polar surface area (TPSA) is 37.8 Å². The fraction of sp³-hybridized carbons (Fsp3) is 0.867. The molecule has 1 saturated carbocycles. The van der Waals surface area contributed by atoms with Crippen LogP contribution in [0.25, 0.3) is 0 Å². The molecule has 1 aromatic heterocycles. The Kier molecular flexibility index (Phi) is 5.34. The Bertz CT molecular complexity index is 388. The number of hydrogen-bond donors (Lipinski definition) is 1. The maximum Gasteiger partial charge on any atom is 0.0829 e. The summed E-state index contributed by atoms with van der Waals surface area (Å²) >= 11 is 1.60. The zero-order valence-corrected chi connectivity index (χ0v) is 13.5. The van der Waals surface area contributed by atoms with Crippen LogP contribution in [0.1, 0.15) is 75.9 Å². The van der Waals surface area contributed by atoms with Crippen LogP contribution in [0.2, 0.25) is 0 Å². The Morgan fingerprint density at radius 2 is 2.16 bits per heavy atom. The molecular weight excluding hydrogens is 254 g/mol. The van der Waals surface area contributed by atoms with Crippen LogP contribution in [0, 0.1) is 11.8 Å². The van der Waals surface area contributed by atoms with E-state index in [9.17, 15) is 0 Å². The molecule has 1 N–H and O–H groups in total. The predicted molar refractivity (Wildman–Crippen MR) is 81.5 cm³/mol. The van der Waals surface area contributed by atoms with Crippen LogP contribution >= 0.6 is 11.5 Å². The van der Waals surface area contributed by atoms with Crippen molar-refractivity contribution in [2.24, 2.45) is 11.8 Å². The van der Waals surface area contributed by atoms with Crippen LogP contribution in [-0.2, 0) is 0 Å². The molecule has 1 aliphatic rings. The summed E-state index contributed by atoms with van der Waals surface area (Å²) in [6.45, 7) is 10.0. The van der Waals surface area contributed by atoms with Gasteiger partial charge in [0.05, 0.1) is 10.6 Å². The number of hydrogen-bond acceptors (Lipinski definition) is 4. The van der Waals surface area contributed by atoms with Crippen molar-refractivity contribution in [1.82, 2.24) is 14.9 Å². The summed E-state index contributed by atoms with van der Waals surface area (Å²) in [5.74, 6) is 2.09. The molecule has 0 spiro atoms. The van der Waals surface area contributed by atoms with Crippen molar-refractivity contribution in [1.29, 1.82) is 0 Å². The van der Waals surface area contributed by atoms with E-state index < -0.39 is 0 Å². The van der Waals surface area contributed by atoms with E-state index in [0.717, 1.165) is 18.4 Å². The van der Waals surface area contributed by atoms with Crippen molar-refractivity contribution < 1.29 is 0 Å². The van der Waals surface area contributed by atoms with Gasteiger partial charge in [0.25, 0.3) is 0 Å². The van der Waals surface area contributed by atoms with Crippen molar-refractivity contribution >= 4 is 11.5 Å². The lowest BCUT2D eigenvalue weighted by Crippen LogP contribution is -2.31. The van der Waals surface area contributed by atoms with E-state index in [2.05, 4.69) is 42.6 Å². The van der Waals surface area contributed by atoms with E-state index in [-0.39, 0.29) is 0 Å². The van der Waals surface area contributed by atoms with Crippen molar-refractivity contribution in [3.63, 3.8) is 0 Å². The Labute approximate surface area is 121 Å². The molecule has 3 nitrogen and oxygen atoms in total. The van der Waals surface area contributed by atoms with E-state index in [4.69, 9.17) is 0 Å². The van der Waals surface area contributed by atoms with E-state index in [0.29, 0.717) is 12.0 Å². The van der Waals surface area contributed by atoms with E-state index in [1.54, 1.807) is 11.5 Å². The van der Waals surface area contributed by atoms with Gasteiger partial charge in [-0.25, -0.2) is 0 Å². The van der Waals surface area contributed by atoms with Crippen LogP contribution in [0.3, 0.4) is 0 Å². The molecule has 1 fully saturated rings. The SMILES string of the molecule is CCNC(c1snnc1C(C)C)C1CCCC(C)C1. The van der Waals surface area contributed by atoms with Gasteiger partial charge in [-0.05, 0) is 48.7 Å². The summed E-state index contributed by atoms with van der Waals surface area (Å²) in [6, 6.07) is 0.463. The molecule has 0 saturated heterocycles. The van der Waals surface area contributed by atoms with Crippen LogP contribution < -0.4 is 5.32 Å². The van der Waals surface area contributed by atoms with E-state index in [1.165, 1.54) is 36.3 Å². The van der Waals surface area contributed by atoms with Gasteiger partial charge in [0.1, 0.15) is 0 Å². The maximum atomic E-state index is 4.36. The molecule has 19 heavy (non-hydrogen) atoms. The first kappa shape index (κ1) is 14.9. The molecule has 0 aromatic carbocycles. The van der Waals surface area contributed by atoms with E-state index >= 15 is 0 Å². The van der Waals surface area contributed by atoms with Crippen LogP contribution in [0.15, 0.2) is 0 Å². The quantitative estimate of drug-likeness (QED) is 0.881. The Morgan fingerprint density at radius 1 is 1.37 bits per heavy atom. The number of aromatic nitrogens is 2. The zero-order chi connectivity index (χ0) is 13.8. The largest absolute Gasteiger partial charge is 0.309 e. The van der Waals surface area contributed by atoms with Gasteiger partial charge in [-0.2, -0.15) is 0 Å². The molecule has 3 unspecified atom stereocenters. The molecule has 1 aromatic rings. The average molecular weight is 281 g/mol. The van der Waals surface area contributed by atoms with Gasteiger partial charge in [0, 0.05) is 6.04 Å². The lowest BCUT2D eigenvalue weighted by Gasteiger charge is -2.33. The highest BCUT2D eigenvalue weighted by Gasteiger charge is 2.31. The van der Waals surface area contributed by atoms with Gasteiger partial charge in [-0.3, -0.25) is 0 Å². The second kappa shape index (κ2) is 6.80. The molecule has 0 bridgehead atoms. The Morgan fingerprint density at radius 3 is 2.79 bits per heavy atom. The van der Waals surface area contributed by atoms with Crippen molar-refractivity contribution in [2.45, 2.75) is 65.3 Å². The van der Waals surface area contributed by atoms with Crippen molar-refractivity contribution in [3.8, 4) is 0 Å². The summed E-state index contributed by atoms with van der Waals surface area (Å²) < 4.78 is 4.21. The van der Waals surface area contributed by atoms with Gasteiger partial charge < -0.3 is 5.32 Å². The smallest absolute Gasteiger partial charge is 0.0829 e. The van der Waals surface area contributed by atoms with Gasteiger partial charge in [-0.15, -0.1) is 5.10 Å². The van der Waals surface area contributed by atoms with Crippen molar-refractivity contribution in [3.05, 3.63) is 10.6 Å². The molecule has 2 rings (SSSR count). The van der Waals surface area contributed by atoms with Gasteiger partial charge >= 0.3 is 0 Å². The highest BCUT2D eigenvalue weighted by molar-refractivity contribution is 7.05. The third kappa shape index (κ3) is 3.54. The summed E-state index contributed by atoms with van der Waals surface area (Å²) in [4.78, 5) is 1.39. The normalized spacial score (nSPS) is 25.7.